The lowest BCUT2D eigenvalue weighted by atomic mass is 9.95. The third-order valence-electron chi connectivity index (χ3n) is 3.85. The smallest absolute Gasteiger partial charge is 0.228 e. The van der Waals surface area contributed by atoms with Crippen LogP contribution in [0.1, 0.15) is 35.9 Å². The molecule has 104 valence electrons. The molecule has 2 aromatic rings. The summed E-state index contributed by atoms with van der Waals surface area (Å²) in [6.07, 6.45) is 0.517. The summed E-state index contributed by atoms with van der Waals surface area (Å²) in [5, 5.41) is 5.68. The van der Waals surface area contributed by atoms with Crippen LogP contribution in [0, 0.1) is 0 Å². The first-order valence-corrected chi connectivity index (χ1v) is 7.69. The minimum atomic E-state index is 0.0898. The number of carbonyl (C=O) groups excluding carboxylic acids is 1. The van der Waals surface area contributed by atoms with E-state index in [1.54, 1.807) is 16.2 Å². The van der Waals surface area contributed by atoms with E-state index in [1.807, 2.05) is 25.2 Å². The number of amides is 1. The summed E-state index contributed by atoms with van der Waals surface area (Å²) in [5.41, 5.74) is 2.22. The summed E-state index contributed by atoms with van der Waals surface area (Å²) in [5.74, 6) is 0.166. The van der Waals surface area contributed by atoms with E-state index >= 15 is 0 Å². The topological polar surface area (TPSA) is 32.3 Å². The van der Waals surface area contributed by atoms with Crippen LogP contribution in [0.3, 0.4) is 0 Å². The minimum absolute atomic E-state index is 0.0898. The van der Waals surface area contributed by atoms with Crippen molar-refractivity contribution in [2.75, 3.05) is 11.9 Å². The molecular weight excluding hydrogens is 268 g/mol. The van der Waals surface area contributed by atoms with Gasteiger partial charge >= 0.3 is 0 Å². The van der Waals surface area contributed by atoms with Gasteiger partial charge in [0.1, 0.15) is 0 Å². The summed E-state index contributed by atoms with van der Waals surface area (Å²) in [6.45, 7) is 2.15. The van der Waals surface area contributed by atoms with Gasteiger partial charge in [-0.1, -0.05) is 24.3 Å². The van der Waals surface area contributed by atoms with Gasteiger partial charge in [0.25, 0.3) is 0 Å². The van der Waals surface area contributed by atoms with Crippen molar-refractivity contribution in [3.63, 3.8) is 0 Å². The SMILES string of the molecule is C[C@@H](NC1CC(=O)N(C)c2ccccc21)c1cccs1. The first-order valence-electron chi connectivity index (χ1n) is 6.81. The van der Waals surface area contributed by atoms with Crippen molar-refractivity contribution in [2.45, 2.75) is 25.4 Å². The molecule has 1 aliphatic rings. The summed E-state index contributed by atoms with van der Waals surface area (Å²) in [7, 11) is 1.85. The van der Waals surface area contributed by atoms with Crippen molar-refractivity contribution in [1.29, 1.82) is 0 Å². The molecule has 4 heteroatoms. The maximum atomic E-state index is 12.1. The van der Waals surface area contributed by atoms with Gasteiger partial charge in [-0.05, 0) is 30.0 Å². The first-order chi connectivity index (χ1) is 9.66. The molecular formula is C16H18N2OS. The van der Waals surface area contributed by atoms with Gasteiger partial charge in [0.05, 0.1) is 0 Å². The molecule has 1 N–H and O–H groups in total. The Morgan fingerprint density at radius 2 is 2.10 bits per heavy atom. The Kier molecular flexibility index (Phi) is 3.59. The van der Waals surface area contributed by atoms with Gasteiger partial charge in [-0.25, -0.2) is 0 Å². The lowest BCUT2D eigenvalue weighted by Gasteiger charge is -2.33. The zero-order valence-corrected chi connectivity index (χ0v) is 12.5. The Labute approximate surface area is 123 Å². The van der Waals surface area contributed by atoms with E-state index in [-0.39, 0.29) is 18.0 Å². The number of thiophene rings is 1. The second kappa shape index (κ2) is 5.38. The van der Waals surface area contributed by atoms with Crippen LogP contribution < -0.4 is 10.2 Å². The molecule has 0 saturated carbocycles. The molecule has 1 aliphatic heterocycles. The van der Waals surface area contributed by atoms with Gasteiger partial charge < -0.3 is 10.2 Å². The quantitative estimate of drug-likeness (QED) is 0.936. The maximum absolute atomic E-state index is 12.1. The predicted molar refractivity (Wildman–Crippen MR) is 83.1 cm³/mol. The second-order valence-corrected chi connectivity index (χ2v) is 6.15. The molecule has 0 aliphatic carbocycles. The summed E-state index contributed by atoms with van der Waals surface area (Å²) in [4.78, 5) is 15.2. The Morgan fingerprint density at radius 3 is 2.85 bits per heavy atom. The van der Waals surface area contributed by atoms with Crippen LogP contribution in [-0.4, -0.2) is 13.0 Å². The highest BCUT2D eigenvalue weighted by molar-refractivity contribution is 7.10. The fourth-order valence-electron chi connectivity index (χ4n) is 2.71. The largest absolute Gasteiger partial charge is 0.315 e. The van der Waals surface area contributed by atoms with Crippen molar-refractivity contribution in [1.82, 2.24) is 5.32 Å². The number of anilines is 1. The molecule has 0 bridgehead atoms. The van der Waals surface area contributed by atoms with Crippen LogP contribution in [0.5, 0.6) is 0 Å². The summed E-state index contributed by atoms with van der Waals surface area (Å²) < 4.78 is 0. The van der Waals surface area contributed by atoms with Crippen LogP contribution in [0.2, 0.25) is 0 Å². The Morgan fingerprint density at radius 1 is 1.30 bits per heavy atom. The first kappa shape index (κ1) is 13.3. The monoisotopic (exact) mass is 286 g/mol. The average molecular weight is 286 g/mol. The number of hydrogen-bond acceptors (Lipinski definition) is 3. The fraction of sp³-hybridized carbons (Fsp3) is 0.312. The van der Waals surface area contributed by atoms with Crippen molar-refractivity contribution < 1.29 is 4.79 Å². The van der Waals surface area contributed by atoms with Crippen LogP contribution in [-0.2, 0) is 4.79 Å². The van der Waals surface area contributed by atoms with Crippen LogP contribution in [0.4, 0.5) is 5.69 Å². The summed E-state index contributed by atoms with van der Waals surface area (Å²) in [6, 6.07) is 12.7. The molecule has 20 heavy (non-hydrogen) atoms. The van der Waals surface area contributed by atoms with Crippen molar-refractivity contribution in [2.24, 2.45) is 0 Å². The lowest BCUT2D eigenvalue weighted by molar-refractivity contribution is -0.119. The predicted octanol–water partition coefficient (Wildman–Crippen LogP) is 3.51. The highest BCUT2D eigenvalue weighted by Gasteiger charge is 2.29. The van der Waals surface area contributed by atoms with E-state index in [2.05, 4.69) is 35.8 Å². The Hall–Kier alpha value is -1.65. The van der Waals surface area contributed by atoms with Crippen LogP contribution in [0.25, 0.3) is 0 Å². The molecule has 1 amide bonds. The van der Waals surface area contributed by atoms with Crippen LogP contribution >= 0.6 is 11.3 Å². The van der Waals surface area contributed by atoms with E-state index in [1.165, 1.54) is 10.4 Å². The van der Waals surface area contributed by atoms with Gasteiger partial charge in [-0.3, -0.25) is 4.79 Å². The third-order valence-corrected chi connectivity index (χ3v) is 4.90. The van der Waals surface area contributed by atoms with Gasteiger partial charge in [0, 0.05) is 36.1 Å². The van der Waals surface area contributed by atoms with Crippen molar-refractivity contribution in [3.8, 4) is 0 Å². The van der Waals surface area contributed by atoms with Crippen molar-refractivity contribution in [3.05, 3.63) is 52.2 Å². The zero-order chi connectivity index (χ0) is 14.1. The van der Waals surface area contributed by atoms with Crippen LogP contribution in [0.15, 0.2) is 41.8 Å². The Balaban J connectivity index is 1.87. The van der Waals surface area contributed by atoms with E-state index in [0.29, 0.717) is 6.42 Å². The van der Waals surface area contributed by atoms with E-state index in [4.69, 9.17) is 0 Å². The highest BCUT2D eigenvalue weighted by atomic mass is 32.1. The minimum Gasteiger partial charge on any atom is -0.315 e. The molecule has 1 unspecified atom stereocenters. The molecule has 2 heterocycles. The number of para-hydroxylation sites is 1. The molecule has 0 fully saturated rings. The second-order valence-electron chi connectivity index (χ2n) is 5.17. The normalized spacial score (nSPS) is 19.8. The molecule has 2 atom stereocenters. The fourth-order valence-corrected chi connectivity index (χ4v) is 3.46. The molecule has 3 rings (SSSR count). The van der Waals surface area contributed by atoms with E-state index in [0.717, 1.165) is 5.69 Å². The number of nitrogens with zero attached hydrogens (tertiary/aromatic N) is 1. The maximum Gasteiger partial charge on any atom is 0.228 e. The number of rotatable bonds is 3. The molecule has 0 spiro atoms. The molecule has 1 aromatic carbocycles. The average Bonchev–Trinajstić information content (AvgIpc) is 2.99. The lowest BCUT2D eigenvalue weighted by Crippen LogP contribution is -2.38. The molecule has 1 aromatic heterocycles. The third kappa shape index (κ3) is 2.37. The highest BCUT2D eigenvalue weighted by Crippen LogP contribution is 2.35. The van der Waals surface area contributed by atoms with Gasteiger partial charge in [0.15, 0.2) is 0 Å². The van der Waals surface area contributed by atoms with Gasteiger partial charge in [-0.15, -0.1) is 11.3 Å². The zero-order valence-electron chi connectivity index (χ0n) is 11.7. The number of fused-ring (bicyclic) bond motifs is 1. The standard InChI is InChI=1S/C16H18N2OS/c1-11(15-8-5-9-20-15)17-13-10-16(19)18(2)14-7-4-3-6-12(13)14/h3-9,11,13,17H,10H2,1-2H3/t11-,13?/m1/s1. The van der Waals surface area contributed by atoms with Gasteiger partial charge in [-0.2, -0.15) is 0 Å². The number of hydrogen-bond donors (Lipinski definition) is 1. The van der Waals surface area contributed by atoms with E-state index in [9.17, 15) is 4.79 Å². The molecule has 0 radical (unpaired) electrons. The van der Waals surface area contributed by atoms with Crippen molar-refractivity contribution >= 4 is 22.9 Å². The number of benzene rings is 1. The van der Waals surface area contributed by atoms with E-state index < -0.39 is 0 Å². The molecule has 0 saturated heterocycles. The number of nitrogens with one attached hydrogen (secondary N) is 1. The molecule has 3 nitrogen and oxygen atoms in total. The Bertz CT molecular complexity index is 609. The summed E-state index contributed by atoms with van der Waals surface area (Å²) >= 11 is 1.74. The van der Waals surface area contributed by atoms with Gasteiger partial charge in [0.2, 0.25) is 5.91 Å². The number of carbonyl (C=O) groups is 1.